The normalized spacial score (nSPS) is 19.3. The molecule has 0 unspecified atom stereocenters. The molecule has 4 heteroatoms. The predicted molar refractivity (Wildman–Crippen MR) is 101 cm³/mol. The number of hydrogen-bond donors (Lipinski definition) is 1. The standard InChI is InChI=1S/C22H28NO3/c1-3-23(4-2)16-15-20(17-23)26-21(24)22(25,18-11-7-5-8-12-18)19-13-9-6-10-14-19/h5-14,20,25H,3-4,15-17H2,1-2H3/q+1/t20-/m0/s1. The summed E-state index contributed by atoms with van der Waals surface area (Å²) in [6.07, 6.45) is 0.689. The van der Waals surface area contributed by atoms with E-state index < -0.39 is 11.6 Å². The maximum atomic E-state index is 13.1. The zero-order chi connectivity index (χ0) is 18.6. The topological polar surface area (TPSA) is 46.5 Å². The molecule has 26 heavy (non-hydrogen) atoms. The Balaban J connectivity index is 1.88. The molecule has 1 aliphatic rings. The molecule has 138 valence electrons. The predicted octanol–water partition coefficient (Wildman–Crippen LogP) is 3.09. The van der Waals surface area contributed by atoms with Crippen molar-refractivity contribution in [3.8, 4) is 0 Å². The highest BCUT2D eigenvalue weighted by molar-refractivity contribution is 5.85. The van der Waals surface area contributed by atoms with Crippen LogP contribution in [0.15, 0.2) is 60.7 Å². The molecule has 1 aliphatic heterocycles. The number of carbonyl (C=O) groups excluding carboxylic acids is 1. The lowest BCUT2D eigenvalue weighted by Crippen LogP contribution is -2.47. The summed E-state index contributed by atoms with van der Waals surface area (Å²) in [5, 5.41) is 11.4. The van der Waals surface area contributed by atoms with Gasteiger partial charge in [0, 0.05) is 6.42 Å². The molecule has 1 fully saturated rings. The maximum absolute atomic E-state index is 13.1. The molecule has 3 rings (SSSR count). The van der Waals surface area contributed by atoms with Crippen molar-refractivity contribution >= 4 is 5.97 Å². The molecule has 1 saturated heterocycles. The Morgan fingerprint density at radius 2 is 1.54 bits per heavy atom. The van der Waals surface area contributed by atoms with Gasteiger partial charge in [0.1, 0.15) is 6.54 Å². The summed E-state index contributed by atoms with van der Waals surface area (Å²) < 4.78 is 6.81. The van der Waals surface area contributed by atoms with Gasteiger partial charge in [-0.25, -0.2) is 4.79 Å². The van der Waals surface area contributed by atoms with Gasteiger partial charge in [0.2, 0.25) is 5.60 Å². The van der Waals surface area contributed by atoms with Gasteiger partial charge in [-0.2, -0.15) is 0 Å². The van der Waals surface area contributed by atoms with E-state index in [4.69, 9.17) is 4.74 Å². The van der Waals surface area contributed by atoms with Crippen LogP contribution in [-0.2, 0) is 15.1 Å². The molecule has 0 bridgehead atoms. The zero-order valence-electron chi connectivity index (χ0n) is 15.6. The number of quaternary nitrogens is 1. The van der Waals surface area contributed by atoms with Crippen molar-refractivity contribution in [2.45, 2.75) is 32.0 Å². The van der Waals surface area contributed by atoms with Crippen LogP contribution in [0.1, 0.15) is 31.4 Å². The van der Waals surface area contributed by atoms with E-state index in [-0.39, 0.29) is 6.10 Å². The molecule has 0 spiro atoms. The molecule has 2 aromatic carbocycles. The zero-order valence-corrected chi connectivity index (χ0v) is 15.6. The van der Waals surface area contributed by atoms with Gasteiger partial charge in [-0.1, -0.05) is 60.7 Å². The molecule has 1 heterocycles. The molecule has 0 saturated carbocycles. The van der Waals surface area contributed by atoms with E-state index in [1.165, 1.54) is 0 Å². The van der Waals surface area contributed by atoms with Crippen LogP contribution in [0.5, 0.6) is 0 Å². The van der Waals surface area contributed by atoms with Crippen molar-refractivity contribution in [3.05, 3.63) is 71.8 Å². The van der Waals surface area contributed by atoms with E-state index >= 15 is 0 Å². The van der Waals surface area contributed by atoms with Crippen LogP contribution in [0.2, 0.25) is 0 Å². The minimum Gasteiger partial charge on any atom is -0.453 e. The smallest absolute Gasteiger partial charge is 0.348 e. The first kappa shape index (κ1) is 18.6. The molecule has 2 aromatic rings. The fourth-order valence-electron chi connectivity index (χ4n) is 3.92. The van der Waals surface area contributed by atoms with Gasteiger partial charge in [0.15, 0.2) is 6.10 Å². The van der Waals surface area contributed by atoms with Gasteiger partial charge >= 0.3 is 5.97 Å². The minimum absolute atomic E-state index is 0.152. The van der Waals surface area contributed by atoms with Crippen LogP contribution in [0.3, 0.4) is 0 Å². The Kier molecular flexibility index (Phi) is 5.44. The van der Waals surface area contributed by atoms with Crippen LogP contribution in [-0.4, -0.2) is 47.8 Å². The summed E-state index contributed by atoms with van der Waals surface area (Å²) in [6.45, 7) is 8.26. The number of rotatable bonds is 6. The lowest BCUT2D eigenvalue weighted by molar-refractivity contribution is -0.914. The monoisotopic (exact) mass is 354 g/mol. The Morgan fingerprint density at radius 3 is 1.96 bits per heavy atom. The van der Waals surface area contributed by atoms with E-state index in [0.717, 1.165) is 37.1 Å². The number of aliphatic hydroxyl groups is 1. The van der Waals surface area contributed by atoms with Crippen molar-refractivity contribution in [3.63, 3.8) is 0 Å². The van der Waals surface area contributed by atoms with Crippen molar-refractivity contribution in [2.24, 2.45) is 0 Å². The van der Waals surface area contributed by atoms with Gasteiger partial charge in [-0.3, -0.25) is 0 Å². The molecule has 0 aliphatic carbocycles. The number of benzene rings is 2. The third-order valence-corrected chi connectivity index (χ3v) is 5.81. The molecular weight excluding hydrogens is 326 g/mol. The Bertz CT molecular complexity index is 686. The SMILES string of the molecule is CC[N+]1(CC)CC[C@H](OC(=O)C(O)(c2ccccc2)c2ccccc2)C1. The summed E-state index contributed by atoms with van der Waals surface area (Å²) in [4.78, 5) is 13.1. The van der Waals surface area contributed by atoms with Gasteiger partial charge in [0.05, 0.1) is 19.6 Å². The van der Waals surface area contributed by atoms with E-state index in [1.54, 1.807) is 24.3 Å². The van der Waals surface area contributed by atoms with Crippen LogP contribution in [0, 0.1) is 0 Å². The number of hydrogen-bond acceptors (Lipinski definition) is 3. The third-order valence-electron chi connectivity index (χ3n) is 5.81. The largest absolute Gasteiger partial charge is 0.453 e. The quantitative estimate of drug-likeness (QED) is 0.640. The fourth-order valence-corrected chi connectivity index (χ4v) is 3.92. The highest BCUT2D eigenvalue weighted by Gasteiger charge is 2.45. The van der Waals surface area contributed by atoms with Gasteiger partial charge in [0.25, 0.3) is 0 Å². The summed E-state index contributed by atoms with van der Waals surface area (Å²) in [5.74, 6) is -0.591. The van der Waals surface area contributed by atoms with Gasteiger partial charge in [-0.15, -0.1) is 0 Å². The number of ether oxygens (including phenoxy) is 1. The Morgan fingerprint density at radius 1 is 1.04 bits per heavy atom. The first-order chi connectivity index (χ1) is 12.5. The highest BCUT2D eigenvalue weighted by atomic mass is 16.6. The highest BCUT2D eigenvalue weighted by Crippen LogP contribution is 2.32. The van der Waals surface area contributed by atoms with Crippen molar-refractivity contribution in [2.75, 3.05) is 26.2 Å². The molecule has 1 N–H and O–H groups in total. The van der Waals surface area contributed by atoms with Crippen LogP contribution in [0.25, 0.3) is 0 Å². The van der Waals surface area contributed by atoms with Crippen LogP contribution >= 0.6 is 0 Å². The summed E-state index contributed by atoms with van der Waals surface area (Å²) >= 11 is 0. The molecule has 4 nitrogen and oxygen atoms in total. The maximum Gasteiger partial charge on any atom is 0.348 e. The number of nitrogens with zero attached hydrogens (tertiary/aromatic N) is 1. The second kappa shape index (κ2) is 7.60. The molecule has 0 radical (unpaired) electrons. The summed E-state index contributed by atoms with van der Waals surface area (Å²) in [6, 6.07) is 18.1. The average Bonchev–Trinajstić information content (AvgIpc) is 3.12. The number of likely N-dealkylation sites (N-methyl/N-ethyl adjacent to an activating group) is 1. The molecule has 0 aromatic heterocycles. The first-order valence-corrected chi connectivity index (χ1v) is 9.43. The van der Waals surface area contributed by atoms with Crippen molar-refractivity contribution in [1.82, 2.24) is 0 Å². The average molecular weight is 354 g/mol. The number of likely N-dealkylation sites (tertiary alicyclic amines) is 1. The lowest BCUT2D eigenvalue weighted by atomic mass is 9.86. The van der Waals surface area contributed by atoms with Gasteiger partial charge < -0.3 is 14.3 Å². The fraction of sp³-hybridized carbons (Fsp3) is 0.409. The van der Waals surface area contributed by atoms with Gasteiger partial charge in [-0.05, 0) is 25.0 Å². The second-order valence-corrected chi connectivity index (χ2v) is 7.14. The number of carbonyl (C=O) groups is 1. The van der Waals surface area contributed by atoms with Crippen LogP contribution < -0.4 is 0 Å². The third kappa shape index (κ3) is 3.39. The summed E-state index contributed by atoms with van der Waals surface area (Å²) in [7, 11) is 0. The molecular formula is C22H28NO3+. The van der Waals surface area contributed by atoms with E-state index in [2.05, 4.69) is 13.8 Å². The lowest BCUT2D eigenvalue weighted by Gasteiger charge is -2.32. The Labute approximate surface area is 155 Å². The second-order valence-electron chi connectivity index (χ2n) is 7.14. The van der Waals surface area contributed by atoms with Crippen molar-refractivity contribution in [1.29, 1.82) is 0 Å². The van der Waals surface area contributed by atoms with E-state index in [9.17, 15) is 9.90 Å². The summed E-state index contributed by atoms with van der Waals surface area (Å²) in [5.41, 5.74) is -0.735. The Hall–Kier alpha value is -2.17. The van der Waals surface area contributed by atoms with Crippen LogP contribution in [0.4, 0.5) is 0 Å². The minimum atomic E-state index is -1.79. The van der Waals surface area contributed by atoms with Crippen molar-refractivity contribution < 1.29 is 19.1 Å². The first-order valence-electron chi connectivity index (χ1n) is 9.43. The van der Waals surface area contributed by atoms with E-state index in [0.29, 0.717) is 11.1 Å². The number of esters is 1. The molecule has 0 amide bonds. The molecule has 1 atom stereocenters. The van der Waals surface area contributed by atoms with E-state index in [1.807, 2.05) is 36.4 Å².